The van der Waals surface area contributed by atoms with Gasteiger partial charge in [-0.3, -0.25) is 4.79 Å². The van der Waals surface area contributed by atoms with Crippen LogP contribution >= 0.6 is 0 Å². The second-order valence-electron chi connectivity index (χ2n) is 4.25. The van der Waals surface area contributed by atoms with Crippen LogP contribution in [0.4, 0.5) is 10.1 Å². The number of nitrogens with two attached hydrogens (primary N) is 1. The summed E-state index contributed by atoms with van der Waals surface area (Å²) >= 11 is 0. The molecule has 0 aliphatic rings. The van der Waals surface area contributed by atoms with Gasteiger partial charge in [-0.1, -0.05) is 19.8 Å². The zero-order valence-corrected chi connectivity index (χ0v) is 10.3. The summed E-state index contributed by atoms with van der Waals surface area (Å²) in [6, 6.07) is 4.20. The monoisotopic (exact) mass is 238 g/mol. The molecule has 0 aliphatic carbocycles. The first-order valence-electron chi connectivity index (χ1n) is 5.90. The Morgan fingerprint density at radius 3 is 2.82 bits per heavy atom. The molecule has 0 heterocycles. The van der Waals surface area contributed by atoms with Crippen molar-refractivity contribution in [2.75, 3.05) is 5.73 Å². The highest BCUT2D eigenvalue weighted by atomic mass is 19.1. The van der Waals surface area contributed by atoms with Crippen LogP contribution in [0, 0.1) is 5.82 Å². The average molecular weight is 238 g/mol. The summed E-state index contributed by atoms with van der Waals surface area (Å²) in [6.07, 6.45) is 3.09. The lowest BCUT2D eigenvalue weighted by atomic mass is 10.1. The zero-order chi connectivity index (χ0) is 12.8. The Labute approximate surface area is 101 Å². The van der Waals surface area contributed by atoms with E-state index >= 15 is 0 Å². The van der Waals surface area contributed by atoms with Crippen molar-refractivity contribution < 1.29 is 9.18 Å². The average Bonchev–Trinajstić information content (AvgIpc) is 2.30. The van der Waals surface area contributed by atoms with E-state index in [0.29, 0.717) is 5.56 Å². The van der Waals surface area contributed by atoms with E-state index in [1.165, 1.54) is 12.1 Å². The molecule has 1 unspecified atom stereocenters. The van der Waals surface area contributed by atoms with Crippen molar-refractivity contribution in [1.29, 1.82) is 0 Å². The van der Waals surface area contributed by atoms with E-state index in [1.54, 1.807) is 0 Å². The summed E-state index contributed by atoms with van der Waals surface area (Å²) in [7, 11) is 0. The molecule has 0 aromatic heterocycles. The minimum absolute atomic E-state index is 0.0561. The molecule has 0 fully saturated rings. The van der Waals surface area contributed by atoms with Crippen molar-refractivity contribution in [3.05, 3.63) is 29.6 Å². The molecule has 4 heteroatoms. The number of carbonyl (C=O) groups is 1. The van der Waals surface area contributed by atoms with E-state index < -0.39 is 5.82 Å². The van der Waals surface area contributed by atoms with Crippen LogP contribution in [-0.4, -0.2) is 11.9 Å². The lowest BCUT2D eigenvalue weighted by molar-refractivity contribution is 0.0937. The van der Waals surface area contributed by atoms with Gasteiger partial charge in [-0.2, -0.15) is 0 Å². The minimum Gasteiger partial charge on any atom is -0.396 e. The SMILES string of the molecule is CCCCC(C)NC(=O)c1ccc(N)c(F)c1. The lowest BCUT2D eigenvalue weighted by Gasteiger charge is -2.13. The van der Waals surface area contributed by atoms with E-state index in [1.807, 2.05) is 6.92 Å². The van der Waals surface area contributed by atoms with Crippen molar-refractivity contribution in [1.82, 2.24) is 5.32 Å². The van der Waals surface area contributed by atoms with Crippen LogP contribution in [0.1, 0.15) is 43.5 Å². The van der Waals surface area contributed by atoms with Gasteiger partial charge in [-0.25, -0.2) is 4.39 Å². The Hall–Kier alpha value is -1.58. The van der Waals surface area contributed by atoms with E-state index in [-0.39, 0.29) is 17.6 Å². The Morgan fingerprint density at radius 1 is 1.53 bits per heavy atom. The summed E-state index contributed by atoms with van der Waals surface area (Å²) in [5.74, 6) is -0.814. The fraction of sp³-hybridized carbons (Fsp3) is 0.462. The van der Waals surface area contributed by atoms with Crippen LogP contribution in [-0.2, 0) is 0 Å². The quantitative estimate of drug-likeness (QED) is 0.775. The Bertz CT molecular complexity index is 393. The van der Waals surface area contributed by atoms with Crippen LogP contribution in [0.2, 0.25) is 0 Å². The molecule has 3 N–H and O–H groups in total. The number of amides is 1. The van der Waals surface area contributed by atoms with Crippen LogP contribution in [0.5, 0.6) is 0 Å². The highest BCUT2D eigenvalue weighted by molar-refractivity contribution is 5.94. The number of carbonyl (C=O) groups excluding carboxylic acids is 1. The molecule has 0 bridgehead atoms. The molecule has 0 aliphatic heterocycles. The maximum absolute atomic E-state index is 13.2. The third kappa shape index (κ3) is 4.06. The zero-order valence-electron chi connectivity index (χ0n) is 10.3. The maximum Gasteiger partial charge on any atom is 0.251 e. The molecular formula is C13H19FN2O. The molecule has 0 saturated heterocycles. The first-order valence-corrected chi connectivity index (χ1v) is 5.90. The van der Waals surface area contributed by atoms with Gasteiger partial charge < -0.3 is 11.1 Å². The number of rotatable bonds is 5. The van der Waals surface area contributed by atoms with Gasteiger partial charge in [0.2, 0.25) is 0 Å². The number of nitrogen functional groups attached to an aromatic ring is 1. The van der Waals surface area contributed by atoms with Crippen LogP contribution in [0.25, 0.3) is 0 Å². The smallest absolute Gasteiger partial charge is 0.251 e. The van der Waals surface area contributed by atoms with Gasteiger partial charge in [0.15, 0.2) is 0 Å². The van der Waals surface area contributed by atoms with Gasteiger partial charge in [0, 0.05) is 11.6 Å². The molecule has 1 amide bonds. The molecule has 1 rings (SSSR count). The van der Waals surface area contributed by atoms with Crippen molar-refractivity contribution >= 4 is 11.6 Å². The second-order valence-corrected chi connectivity index (χ2v) is 4.25. The number of unbranched alkanes of at least 4 members (excludes halogenated alkanes) is 1. The highest BCUT2D eigenvalue weighted by Gasteiger charge is 2.11. The molecule has 1 aromatic carbocycles. The van der Waals surface area contributed by atoms with Gasteiger partial charge in [0.05, 0.1) is 5.69 Å². The Morgan fingerprint density at radius 2 is 2.24 bits per heavy atom. The molecule has 0 spiro atoms. The third-order valence-electron chi connectivity index (χ3n) is 2.63. The standard InChI is InChI=1S/C13H19FN2O/c1-3-4-5-9(2)16-13(17)10-6-7-12(15)11(14)8-10/h6-9H,3-5,15H2,1-2H3,(H,16,17). The fourth-order valence-electron chi connectivity index (χ4n) is 1.56. The molecule has 0 saturated carbocycles. The van der Waals surface area contributed by atoms with Gasteiger partial charge in [0.25, 0.3) is 5.91 Å². The second kappa shape index (κ2) is 6.23. The summed E-state index contributed by atoms with van der Waals surface area (Å²) in [4.78, 5) is 11.8. The van der Waals surface area contributed by atoms with Gasteiger partial charge in [0.1, 0.15) is 5.82 Å². The van der Waals surface area contributed by atoms with Crippen molar-refractivity contribution in [2.24, 2.45) is 0 Å². The normalized spacial score (nSPS) is 12.2. The van der Waals surface area contributed by atoms with E-state index in [4.69, 9.17) is 5.73 Å². The molecule has 1 atom stereocenters. The Balaban J connectivity index is 2.60. The maximum atomic E-state index is 13.2. The van der Waals surface area contributed by atoms with Crippen LogP contribution in [0.3, 0.4) is 0 Å². The van der Waals surface area contributed by atoms with Gasteiger partial charge in [-0.05, 0) is 31.5 Å². The van der Waals surface area contributed by atoms with Crippen molar-refractivity contribution in [2.45, 2.75) is 39.2 Å². The summed E-state index contributed by atoms with van der Waals surface area (Å²) in [5.41, 5.74) is 5.71. The van der Waals surface area contributed by atoms with Gasteiger partial charge in [-0.15, -0.1) is 0 Å². The van der Waals surface area contributed by atoms with E-state index in [2.05, 4.69) is 12.2 Å². The molecule has 17 heavy (non-hydrogen) atoms. The molecule has 1 aromatic rings. The predicted octanol–water partition coefficient (Wildman–Crippen LogP) is 2.72. The van der Waals surface area contributed by atoms with Gasteiger partial charge >= 0.3 is 0 Å². The van der Waals surface area contributed by atoms with Crippen LogP contribution in [0.15, 0.2) is 18.2 Å². The topological polar surface area (TPSA) is 55.1 Å². The van der Waals surface area contributed by atoms with E-state index in [9.17, 15) is 9.18 Å². The molecular weight excluding hydrogens is 219 g/mol. The van der Waals surface area contributed by atoms with Crippen molar-refractivity contribution in [3.8, 4) is 0 Å². The first kappa shape index (κ1) is 13.5. The predicted molar refractivity (Wildman–Crippen MR) is 67.3 cm³/mol. The van der Waals surface area contributed by atoms with E-state index in [0.717, 1.165) is 25.3 Å². The minimum atomic E-state index is -0.557. The number of hydrogen-bond donors (Lipinski definition) is 2. The Kier molecular flexibility index (Phi) is 4.94. The lowest BCUT2D eigenvalue weighted by Crippen LogP contribution is -2.32. The van der Waals surface area contributed by atoms with Crippen LogP contribution < -0.4 is 11.1 Å². The molecule has 3 nitrogen and oxygen atoms in total. The number of benzene rings is 1. The molecule has 0 radical (unpaired) electrons. The first-order chi connectivity index (χ1) is 8.04. The number of anilines is 1. The largest absolute Gasteiger partial charge is 0.396 e. The molecule has 94 valence electrons. The van der Waals surface area contributed by atoms with Crippen molar-refractivity contribution in [3.63, 3.8) is 0 Å². The fourth-order valence-corrected chi connectivity index (χ4v) is 1.56. The summed E-state index contributed by atoms with van der Waals surface area (Å²) in [6.45, 7) is 4.05. The highest BCUT2D eigenvalue weighted by Crippen LogP contribution is 2.12. The summed E-state index contributed by atoms with van der Waals surface area (Å²) in [5, 5.41) is 2.83. The number of nitrogens with one attached hydrogen (secondary N) is 1. The summed E-state index contributed by atoms with van der Waals surface area (Å²) < 4.78 is 13.2. The number of halogens is 1. The number of hydrogen-bond acceptors (Lipinski definition) is 2. The third-order valence-corrected chi connectivity index (χ3v) is 2.63.